The molecule has 3 rings (SSSR count). The molecule has 11 heteroatoms. The van der Waals surface area contributed by atoms with Crippen molar-refractivity contribution in [3.05, 3.63) is 41.3 Å². The Bertz CT molecular complexity index is 991. The normalized spacial score (nSPS) is 15.1. The molecule has 1 aliphatic rings. The summed E-state index contributed by atoms with van der Waals surface area (Å²) in [5.74, 6) is -1.03. The lowest BCUT2D eigenvalue weighted by atomic mass is 10.2. The van der Waals surface area contributed by atoms with Crippen LogP contribution in [0.5, 0.6) is 0 Å². The number of sulfonamides is 1. The lowest BCUT2D eigenvalue weighted by molar-refractivity contribution is -0.119. The number of carbonyl (C=O) groups excluding carboxylic acids is 2. The van der Waals surface area contributed by atoms with Crippen LogP contribution in [0.25, 0.3) is 0 Å². The molecule has 1 amide bonds. The summed E-state index contributed by atoms with van der Waals surface area (Å²) >= 11 is 0. The molecular weight excluding hydrogens is 402 g/mol. The molecule has 1 fully saturated rings. The molecule has 0 radical (unpaired) electrons. The third-order valence-electron chi connectivity index (χ3n) is 4.30. The third-order valence-corrected chi connectivity index (χ3v) is 6.19. The van der Waals surface area contributed by atoms with Gasteiger partial charge in [-0.1, -0.05) is 11.2 Å². The molecule has 0 spiro atoms. The molecule has 0 unspecified atom stereocenters. The predicted molar refractivity (Wildman–Crippen MR) is 101 cm³/mol. The van der Waals surface area contributed by atoms with Crippen molar-refractivity contribution >= 4 is 27.6 Å². The number of carbonyl (C=O) groups is 2. The topological polar surface area (TPSA) is 128 Å². The number of benzene rings is 1. The number of morpholine rings is 1. The third kappa shape index (κ3) is 4.81. The summed E-state index contributed by atoms with van der Waals surface area (Å²) in [4.78, 5) is 24.2. The van der Waals surface area contributed by atoms with Crippen molar-refractivity contribution in [1.82, 2.24) is 9.46 Å². The lowest BCUT2D eigenvalue weighted by Crippen LogP contribution is -2.40. The molecule has 0 bridgehead atoms. The number of hydrogen-bond donors (Lipinski definition) is 1. The number of anilines is 1. The Kier molecular flexibility index (Phi) is 6.30. The van der Waals surface area contributed by atoms with Crippen LogP contribution in [0, 0.1) is 13.8 Å². The molecule has 2 heterocycles. The van der Waals surface area contributed by atoms with E-state index >= 15 is 0 Å². The van der Waals surface area contributed by atoms with E-state index in [1.807, 2.05) is 0 Å². The molecule has 0 aliphatic carbocycles. The highest BCUT2D eigenvalue weighted by Crippen LogP contribution is 2.20. The van der Waals surface area contributed by atoms with Crippen LogP contribution in [0.3, 0.4) is 0 Å². The van der Waals surface area contributed by atoms with E-state index in [0.717, 1.165) is 0 Å². The van der Waals surface area contributed by atoms with Gasteiger partial charge in [-0.3, -0.25) is 4.79 Å². The first-order valence-corrected chi connectivity index (χ1v) is 10.3. The zero-order valence-corrected chi connectivity index (χ0v) is 16.8. The van der Waals surface area contributed by atoms with E-state index in [9.17, 15) is 18.0 Å². The maximum atomic E-state index is 12.7. The van der Waals surface area contributed by atoms with Crippen molar-refractivity contribution in [2.45, 2.75) is 18.7 Å². The average Bonchev–Trinajstić information content (AvgIpc) is 3.05. The van der Waals surface area contributed by atoms with Gasteiger partial charge in [0.05, 0.1) is 23.8 Å². The van der Waals surface area contributed by atoms with Crippen molar-refractivity contribution in [3.63, 3.8) is 0 Å². The molecule has 29 heavy (non-hydrogen) atoms. The molecule has 0 atom stereocenters. The van der Waals surface area contributed by atoms with Gasteiger partial charge < -0.3 is 19.3 Å². The highest BCUT2D eigenvalue weighted by molar-refractivity contribution is 7.89. The largest absolute Gasteiger partial charge is 0.452 e. The predicted octanol–water partition coefficient (Wildman–Crippen LogP) is 1.11. The van der Waals surface area contributed by atoms with Gasteiger partial charge in [-0.25, -0.2) is 13.2 Å². The SMILES string of the molecule is Cc1noc(C)c1C(=O)OCC(=O)Nc1cccc(S(=O)(=O)N2CCOCC2)c1. The number of hydrogen-bond acceptors (Lipinski definition) is 8. The summed E-state index contributed by atoms with van der Waals surface area (Å²) in [5.41, 5.74) is 0.822. The number of nitrogens with one attached hydrogen (secondary N) is 1. The first-order chi connectivity index (χ1) is 13.8. The first kappa shape index (κ1) is 21.0. The molecule has 1 aliphatic heterocycles. The van der Waals surface area contributed by atoms with Gasteiger partial charge in [-0.05, 0) is 32.0 Å². The molecule has 1 saturated heterocycles. The molecule has 1 aromatic heterocycles. The van der Waals surface area contributed by atoms with Crippen molar-refractivity contribution in [2.75, 3.05) is 38.2 Å². The zero-order chi connectivity index (χ0) is 21.0. The number of esters is 1. The Hall–Kier alpha value is -2.76. The second-order valence-electron chi connectivity index (χ2n) is 6.37. The monoisotopic (exact) mass is 423 g/mol. The van der Waals surface area contributed by atoms with Crippen LogP contribution < -0.4 is 5.32 Å². The quantitative estimate of drug-likeness (QED) is 0.684. The van der Waals surface area contributed by atoms with Crippen LogP contribution in [-0.2, 0) is 24.3 Å². The summed E-state index contributed by atoms with van der Waals surface area (Å²) in [6.07, 6.45) is 0. The molecule has 1 N–H and O–H groups in total. The minimum absolute atomic E-state index is 0.0601. The fraction of sp³-hybridized carbons (Fsp3) is 0.389. The summed E-state index contributed by atoms with van der Waals surface area (Å²) in [6.45, 7) is 3.85. The molecule has 2 aromatic rings. The van der Waals surface area contributed by atoms with Crippen molar-refractivity contribution in [1.29, 1.82) is 0 Å². The minimum atomic E-state index is -3.69. The van der Waals surface area contributed by atoms with Crippen molar-refractivity contribution in [2.24, 2.45) is 0 Å². The van der Waals surface area contributed by atoms with Gasteiger partial charge in [0.15, 0.2) is 6.61 Å². The molecule has 1 aromatic carbocycles. The summed E-state index contributed by atoms with van der Waals surface area (Å²) in [7, 11) is -3.69. The number of ether oxygens (including phenoxy) is 2. The van der Waals surface area contributed by atoms with Crippen LogP contribution in [0.1, 0.15) is 21.8 Å². The van der Waals surface area contributed by atoms with Crippen LogP contribution in [0.2, 0.25) is 0 Å². The Morgan fingerprint density at radius 2 is 1.97 bits per heavy atom. The number of rotatable bonds is 6. The van der Waals surface area contributed by atoms with E-state index in [2.05, 4.69) is 10.5 Å². The van der Waals surface area contributed by atoms with Crippen molar-refractivity contribution < 1.29 is 32.0 Å². The fourth-order valence-electron chi connectivity index (χ4n) is 2.85. The Morgan fingerprint density at radius 1 is 1.24 bits per heavy atom. The van der Waals surface area contributed by atoms with E-state index in [-0.39, 0.29) is 29.2 Å². The zero-order valence-electron chi connectivity index (χ0n) is 16.0. The Balaban J connectivity index is 1.62. The smallest absolute Gasteiger partial charge is 0.344 e. The molecule has 156 valence electrons. The van der Waals surface area contributed by atoms with Gasteiger partial charge in [0.1, 0.15) is 11.3 Å². The number of nitrogens with zero attached hydrogens (tertiary/aromatic N) is 2. The van der Waals surface area contributed by atoms with Crippen LogP contribution >= 0.6 is 0 Å². The number of amides is 1. The maximum Gasteiger partial charge on any atom is 0.344 e. The summed E-state index contributed by atoms with van der Waals surface area (Å²) in [5, 5.41) is 6.18. The molecular formula is C18H21N3O7S. The van der Waals surface area contributed by atoms with E-state index in [1.54, 1.807) is 19.9 Å². The van der Waals surface area contributed by atoms with Gasteiger partial charge in [0, 0.05) is 18.8 Å². The Labute approximate surface area is 167 Å². The average molecular weight is 423 g/mol. The van der Waals surface area contributed by atoms with Gasteiger partial charge in [-0.2, -0.15) is 4.31 Å². The van der Waals surface area contributed by atoms with Gasteiger partial charge >= 0.3 is 5.97 Å². The standard InChI is InChI=1S/C18H21N3O7S/c1-12-17(13(2)28-20-12)18(23)27-11-16(22)19-14-4-3-5-15(10-14)29(24,25)21-6-8-26-9-7-21/h3-5,10H,6-9,11H2,1-2H3,(H,19,22). The van der Waals surface area contributed by atoms with Crippen LogP contribution in [0.4, 0.5) is 5.69 Å². The second kappa shape index (κ2) is 8.72. The van der Waals surface area contributed by atoms with Crippen LogP contribution in [0.15, 0.2) is 33.7 Å². The first-order valence-electron chi connectivity index (χ1n) is 8.87. The van der Waals surface area contributed by atoms with E-state index < -0.39 is 28.5 Å². The lowest BCUT2D eigenvalue weighted by Gasteiger charge is -2.26. The van der Waals surface area contributed by atoms with Crippen LogP contribution in [-0.4, -0.2) is 62.7 Å². The van der Waals surface area contributed by atoms with E-state index in [4.69, 9.17) is 14.0 Å². The highest BCUT2D eigenvalue weighted by atomic mass is 32.2. The number of aromatic nitrogens is 1. The van der Waals surface area contributed by atoms with E-state index in [0.29, 0.717) is 24.7 Å². The minimum Gasteiger partial charge on any atom is -0.452 e. The van der Waals surface area contributed by atoms with Gasteiger partial charge in [-0.15, -0.1) is 0 Å². The molecule has 10 nitrogen and oxygen atoms in total. The van der Waals surface area contributed by atoms with E-state index in [1.165, 1.54) is 22.5 Å². The summed E-state index contributed by atoms with van der Waals surface area (Å²) < 4.78 is 41.8. The Morgan fingerprint density at radius 3 is 2.62 bits per heavy atom. The highest BCUT2D eigenvalue weighted by Gasteiger charge is 2.26. The number of aryl methyl sites for hydroxylation is 2. The van der Waals surface area contributed by atoms with Gasteiger partial charge in [0.2, 0.25) is 10.0 Å². The fourth-order valence-corrected chi connectivity index (χ4v) is 4.30. The summed E-state index contributed by atoms with van der Waals surface area (Å²) in [6, 6.07) is 5.89. The maximum absolute atomic E-state index is 12.7. The van der Waals surface area contributed by atoms with Crippen molar-refractivity contribution in [3.8, 4) is 0 Å². The second-order valence-corrected chi connectivity index (χ2v) is 8.31. The van der Waals surface area contributed by atoms with Gasteiger partial charge in [0.25, 0.3) is 5.91 Å². The molecule has 0 saturated carbocycles.